The molecule has 1 aliphatic heterocycles. The van der Waals surface area contributed by atoms with Crippen LogP contribution < -0.4 is 5.32 Å². The van der Waals surface area contributed by atoms with Crippen molar-refractivity contribution < 1.29 is 4.92 Å². The molecule has 0 amide bonds. The molecular formula is C15H18N4O2S. The van der Waals surface area contributed by atoms with Gasteiger partial charge in [0.05, 0.1) is 10.6 Å². The summed E-state index contributed by atoms with van der Waals surface area (Å²) in [6.07, 6.45) is 0. The van der Waals surface area contributed by atoms with E-state index in [4.69, 9.17) is 0 Å². The van der Waals surface area contributed by atoms with Crippen LogP contribution in [0.25, 0.3) is 10.6 Å². The molecule has 22 heavy (non-hydrogen) atoms. The molecule has 3 rings (SSSR count). The zero-order valence-corrected chi connectivity index (χ0v) is 13.2. The molecule has 7 heteroatoms. The van der Waals surface area contributed by atoms with Crippen LogP contribution in [0.4, 0.5) is 5.69 Å². The van der Waals surface area contributed by atoms with Crippen molar-refractivity contribution in [3.63, 3.8) is 0 Å². The maximum absolute atomic E-state index is 10.9. The van der Waals surface area contributed by atoms with E-state index >= 15 is 0 Å². The van der Waals surface area contributed by atoms with Crippen LogP contribution in [-0.4, -0.2) is 40.5 Å². The summed E-state index contributed by atoms with van der Waals surface area (Å²) in [5, 5.41) is 17.2. The standard InChI is InChI=1S/C15H18N4O2S/c1-11-8-18(6-5-16-11)9-13-10-22-15(17-13)12-3-2-4-14(7-12)19(20)21/h2-4,7,10-11,16H,5-6,8-9H2,1H3. The molecule has 1 aliphatic rings. The number of nitro benzene ring substituents is 1. The zero-order valence-electron chi connectivity index (χ0n) is 12.4. The number of non-ortho nitro benzene ring substituents is 1. The topological polar surface area (TPSA) is 71.3 Å². The highest BCUT2D eigenvalue weighted by atomic mass is 32.1. The lowest BCUT2D eigenvalue weighted by atomic mass is 10.2. The lowest BCUT2D eigenvalue weighted by molar-refractivity contribution is -0.384. The first-order chi connectivity index (χ1) is 10.6. The molecule has 1 unspecified atom stereocenters. The molecule has 0 aliphatic carbocycles. The predicted octanol–water partition coefficient (Wildman–Crippen LogP) is 2.51. The van der Waals surface area contributed by atoms with Crippen LogP contribution in [0, 0.1) is 10.1 Å². The Hall–Kier alpha value is -1.83. The fourth-order valence-corrected chi connectivity index (χ4v) is 3.46. The molecule has 1 aromatic heterocycles. The minimum Gasteiger partial charge on any atom is -0.312 e. The van der Waals surface area contributed by atoms with Gasteiger partial charge in [-0.15, -0.1) is 11.3 Å². The lowest BCUT2D eigenvalue weighted by Crippen LogP contribution is -2.48. The molecule has 1 fully saturated rings. The number of nitrogens with zero attached hydrogens (tertiary/aromatic N) is 3. The first kappa shape index (κ1) is 15.1. The minimum atomic E-state index is -0.375. The van der Waals surface area contributed by atoms with Gasteiger partial charge in [0.1, 0.15) is 5.01 Å². The lowest BCUT2D eigenvalue weighted by Gasteiger charge is -2.31. The maximum atomic E-state index is 10.9. The number of hydrogen-bond acceptors (Lipinski definition) is 6. The van der Waals surface area contributed by atoms with Gasteiger partial charge in [-0.2, -0.15) is 0 Å². The number of benzene rings is 1. The quantitative estimate of drug-likeness (QED) is 0.693. The van der Waals surface area contributed by atoms with E-state index in [0.29, 0.717) is 6.04 Å². The molecule has 0 radical (unpaired) electrons. The maximum Gasteiger partial charge on any atom is 0.270 e. The summed E-state index contributed by atoms with van der Waals surface area (Å²) in [6.45, 7) is 6.06. The summed E-state index contributed by atoms with van der Waals surface area (Å²) in [5.41, 5.74) is 1.94. The normalized spacial score (nSPS) is 19.2. The van der Waals surface area contributed by atoms with Crippen LogP contribution in [0.1, 0.15) is 12.6 Å². The van der Waals surface area contributed by atoms with Gasteiger partial charge < -0.3 is 5.32 Å². The van der Waals surface area contributed by atoms with Crippen molar-refractivity contribution in [3.05, 3.63) is 45.5 Å². The van der Waals surface area contributed by atoms with Crippen LogP contribution in [-0.2, 0) is 6.54 Å². The van der Waals surface area contributed by atoms with Gasteiger partial charge in [0.2, 0.25) is 0 Å². The third-order valence-electron chi connectivity index (χ3n) is 3.69. The Balaban J connectivity index is 1.73. The zero-order chi connectivity index (χ0) is 15.5. The average Bonchev–Trinajstić information content (AvgIpc) is 2.96. The van der Waals surface area contributed by atoms with Crippen molar-refractivity contribution in [1.29, 1.82) is 0 Å². The SMILES string of the molecule is CC1CN(Cc2csc(-c3cccc([N+](=O)[O-])c3)n2)CCN1. The monoisotopic (exact) mass is 318 g/mol. The second-order valence-corrected chi connectivity index (χ2v) is 6.40. The Morgan fingerprint density at radius 3 is 3.18 bits per heavy atom. The van der Waals surface area contributed by atoms with Gasteiger partial charge in [-0.3, -0.25) is 15.0 Å². The predicted molar refractivity (Wildman–Crippen MR) is 86.9 cm³/mol. The number of piperazine rings is 1. The smallest absolute Gasteiger partial charge is 0.270 e. The largest absolute Gasteiger partial charge is 0.312 e. The van der Waals surface area contributed by atoms with Crippen molar-refractivity contribution in [3.8, 4) is 10.6 Å². The van der Waals surface area contributed by atoms with E-state index in [2.05, 4.69) is 22.1 Å². The molecule has 1 atom stereocenters. The van der Waals surface area contributed by atoms with Gasteiger partial charge in [0.15, 0.2) is 0 Å². The van der Waals surface area contributed by atoms with E-state index in [1.54, 1.807) is 12.1 Å². The first-order valence-electron chi connectivity index (χ1n) is 7.27. The van der Waals surface area contributed by atoms with Crippen molar-refractivity contribution in [2.24, 2.45) is 0 Å². The van der Waals surface area contributed by atoms with Crippen molar-refractivity contribution in [1.82, 2.24) is 15.2 Å². The molecule has 2 heterocycles. The second-order valence-electron chi connectivity index (χ2n) is 5.54. The number of rotatable bonds is 4. The van der Waals surface area contributed by atoms with E-state index in [0.717, 1.165) is 42.4 Å². The molecule has 1 N–H and O–H groups in total. The van der Waals surface area contributed by atoms with Crippen LogP contribution >= 0.6 is 11.3 Å². The Labute approximate surface area is 132 Å². The Morgan fingerprint density at radius 2 is 2.41 bits per heavy atom. The van der Waals surface area contributed by atoms with Crippen molar-refractivity contribution in [2.75, 3.05) is 19.6 Å². The van der Waals surface area contributed by atoms with Crippen molar-refractivity contribution in [2.45, 2.75) is 19.5 Å². The van der Waals surface area contributed by atoms with Gasteiger partial charge in [0.25, 0.3) is 5.69 Å². The highest BCUT2D eigenvalue weighted by molar-refractivity contribution is 7.13. The van der Waals surface area contributed by atoms with Crippen LogP contribution in [0.3, 0.4) is 0 Å². The molecule has 6 nitrogen and oxygen atoms in total. The number of aromatic nitrogens is 1. The fourth-order valence-electron chi connectivity index (χ4n) is 2.65. The summed E-state index contributed by atoms with van der Waals surface area (Å²) in [5.74, 6) is 0. The molecule has 116 valence electrons. The number of thiazole rings is 1. The highest BCUT2D eigenvalue weighted by Crippen LogP contribution is 2.27. The molecular weight excluding hydrogens is 300 g/mol. The minimum absolute atomic E-state index is 0.102. The van der Waals surface area contributed by atoms with Crippen LogP contribution in [0.5, 0.6) is 0 Å². The van der Waals surface area contributed by atoms with E-state index in [9.17, 15) is 10.1 Å². The second kappa shape index (κ2) is 6.51. The molecule has 2 aromatic rings. The van der Waals surface area contributed by atoms with E-state index in [-0.39, 0.29) is 10.6 Å². The van der Waals surface area contributed by atoms with E-state index in [1.165, 1.54) is 17.4 Å². The average molecular weight is 318 g/mol. The van der Waals surface area contributed by atoms with Crippen LogP contribution in [0.15, 0.2) is 29.6 Å². The first-order valence-corrected chi connectivity index (χ1v) is 8.15. The summed E-state index contributed by atoms with van der Waals surface area (Å²) in [7, 11) is 0. The van der Waals surface area contributed by atoms with Gasteiger partial charge >= 0.3 is 0 Å². The summed E-state index contributed by atoms with van der Waals surface area (Å²) in [4.78, 5) is 17.5. The van der Waals surface area contributed by atoms with Gasteiger partial charge in [0, 0.05) is 55.3 Å². The fraction of sp³-hybridized carbons (Fsp3) is 0.400. The highest BCUT2D eigenvalue weighted by Gasteiger charge is 2.17. The third kappa shape index (κ3) is 3.49. The van der Waals surface area contributed by atoms with E-state index in [1.807, 2.05) is 11.4 Å². The molecule has 0 bridgehead atoms. The van der Waals surface area contributed by atoms with Gasteiger partial charge in [-0.25, -0.2) is 4.98 Å². The molecule has 1 aromatic carbocycles. The van der Waals surface area contributed by atoms with Crippen molar-refractivity contribution >= 4 is 17.0 Å². The summed E-state index contributed by atoms with van der Waals surface area (Å²) < 4.78 is 0. The van der Waals surface area contributed by atoms with Gasteiger partial charge in [-0.05, 0) is 6.92 Å². The van der Waals surface area contributed by atoms with Crippen LogP contribution in [0.2, 0.25) is 0 Å². The summed E-state index contributed by atoms with van der Waals surface area (Å²) >= 11 is 1.54. The Kier molecular flexibility index (Phi) is 4.47. The summed E-state index contributed by atoms with van der Waals surface area (Å²) in [6, 6.07) is 7.15. The van der Waals surface area contributed by atoms with Gasteiger partial charge in [-0.1, -0.05) is 12.1 Å². The number of hydrogen-bond donors (Lipinski definition) is 1. The third-order valence-corrected chi connectivity index (χ3v) is 4.63. The molecule has 0 spiro atoms. The number of nitro groups is 1. The molecule has 1 saturated heterocycles. The van der Waals surface area contributed by atoms with E-state index < -0.39 is 0 Å². The Bertz CT molecular complexity index is 673. The Morgan fingerprint density at radius 1 is 1.55 bits per heavy atom. The molecule has 0 saturated carbocycles. The number of nitrogens with one attached hydrogen (secondary N) is 1.